The van der Waals surface area contributed by atoms with Gasteiger partial charge in [-0.2, -0.15) is 0 Å². The van der Waals surface area contributed by atoms with Crippen LogP contribution in [0.15, 0.2) is 54.6 Å². The predicted molar refractivity (Wildman–Crippen MR) is 99.8 cm³/mol. The number of Topliss-reactive ketones (excluding diaryl/α,β-unsaturated/α-hetero) is 1. The van der Waals surface area contributed by atoms with Crippen molar-refractivity contribution < 1.29 is 23.9 Å². The van der Waals surface area contributed by atoms with Crippen molar-refractivity contribution in [2.75, 3.05) is 24.7 Å². The van der Waals surface area contributed by atoms with Crippen molar-refractivity contribution in [3.63, 3.8) is 0 Å². The van der Waals surface area contributed by atoms with Crippen molar-refractivity contribution in [3.05, 3.63) is 60.2 Å². The van der Waals surface area contributed by atoms with Gasteiger partial charge >= 0.3 is 5.97 Å². The number of para-hydroxylation sites is 2. The van der Waals surface area contributed by atoms with E-state index < -0.39 is 11.9 Å². The van der Waals surface area contributed by atoms with Gasteiger partial charge in [0.05, 0.1) is 18.2 Å². The van der Waals surface area contributed by atoms with Crippen LogP contribution in [0, 0.1) is 5.92 Å². The number of hydrogen-bond donors (Lipinski definition) is 0. The van der Waals surface area contributed by atoms with E-state index in [9.17, 15) is 14.4 Å². The second kappa shape index (κ2) is 8.49. The maximum atomic E-state index is 12.4. The average Bonchev–Trinajstić information content (AvgIpc) is 3.09. The molecule has 0 aromatic heterocycles. The number of ether oxygens (including phenoxy) is 2. The summed E-state index contributed by atoms with van der Waals surface area (Å²) in [6.07, 6.45) is 0.0544. The van der Waals surface area contributed by atoms with Crippen LogP contribution in [0.2, 0.25) is 0 Å². The first-order chi connectivity index (χ1) is 13.1. The minimum absolute atomic E-state index is 0.0544. The Hall–Kier alpha value is -3.15. The lowest BCUT2D eigenvalue weighted by Crippen LogP contribution is -2.27. The maximum Gasteiger partial charge on any atom is 0.311 e. The normalized spacial score (nSPS) is 16.3. The molecule has 1 atom stereocenters. The molecule has 0 spiro atoms. The third kappa shape index (κ3) is 4.34. The molecule has 1 heterocycles. The molecule has 6 nitrogen and oxygen atoms in total. The highest BCUT2D eigenvalue weighted by Gasteiger charge is 2.37. The van der Waals surface area contributed by atoms with E-state index in [1.165, 1.54) is 4.90 Å². The topological polar surface area (TPSA) is 72.9 Å². The second-order valence-electron chi connectivity index (χ2n) is 6.20. The molecule has 0 aliphatic carbocycles. The fourth-order valence-electron chi connectivity index (χ4n) is 3.02. The Labute approximate surface area is 157 Å². The summed E-state index contributed by atoms with van der Waals surface area (Å²) in [6.45, 7) is 2.23. The zero-order valence-corrected chi connectivity index (χ0v) is 15.1. The summed E-state index contributed by atoms with van der Waals surface area (Å²) in [5.74, 6) is -0.980. The Kier molecular flexibility index (Phi) is 5.86. The molecule has 0 bridgehead atoms. The van der Waals surface area contributed by atoms with Gasteiger partial charge in [0, 0.05) is 18.5 Å². The van der Waals surface area contributed by atoms with Gasteiger partial charge in [-0.05, 0) is 19.1 Å². The number of benzene rings is 2. The molecule has 2 aromatic carbocycles. The number of rotatable bonds is 7. The Balaban J connectivity index is 1.62. The Morgan fingerprint density at radius 2 is 1.78 bits per heavy atom. The van der Waals surface area contributed by atoms with Crippen LogP contribution in [-0.4, -0.2) is 37.4 Å². The summed E-state index contributed by atoms with van der Waals surface area (Å²) in [5.41, 5.74) is 1.13. The summed E-state index contributed by atoms with van der Waals surface area (Å²) in [5, 5.41) is 0. The molecule has 1 aliphatic heterocycles. The van der Waals surface area contributed by atoms with Crippen molar-refractivity contribution in [2.45, 2.75) is 13.3 Å². The smallest absolute Gasteiger partial charge is 0.311 e. The van der Waals surface area contributed by atoms with Crippen LogP contribution in [0.3, 0.4) is 0 Å². The fourth-order valence-corrected chi connectivity index (χ4v) is 3.02. The van der Waals surface area contributed by atoms with Gasteiger partial charge in [0.2, 0.25) is 5.91 Å². The van der Waals surface area contributed by atoms with E-state index in [4.69, 9.17) is 9.47 Å². The van der Waals surface area contributed by atoms with E-state index >= 15 is 0 Å². The summed E-state index contributed by atoms with van der Waals surface area (Å²) < 4.78 is 10.7. The monoisotopic (exact) mass is 367 g/mol. The number of amides is 1. The molecule has 0 radical (unpaired) electrons. The molecule has 2 aromatic rings. The van der Waals surface area contributed by atoms with Gasteiger partial charge in [-0.3, -0.25) is 14.4 Å². The molecule has 140 valence electrons. The maximum absolute atomic E-state index is 12.4. The van der Waals surface area contributed by atoms with Crippen LogP contribution in [0.1, 0.15) is 23.7 Å². The number of ketones is 1. The van der Waals surface area contributed by atoms with Crippen molar-refractivity contribution in [3.8, 4) is 5.75 Å². The third-order valence-corrected chi connectivity index (χ3v) is 4.36. The fraction of sp³-hybridized carbons (Fsp3) is 0.286. The zero-order chi connectivity index (χ0) is 19.2. The van der Waals surface area contributed by atoms with Gasteiger partial charge in [0.1, 0.15) is 5.75 Å². The van der Waals surface area contributed by atoms with Crippen molar-refractivity contribution >= 4 is 23.3 Å². The van der Waals surface area contributed by atoms with Crippen LogP contribution in [0.4, 0.5) is 5.69 Å². The average molecular weight is 367 g/mol. The predicted octanol–water partition coefficient (Wildman–Crippen LogP) is 2.86. The van der Waals surface area contributed by atoms with E-state index in [1.54, 1.807) is 36.4 Å². The van der Waals surface area contributed by atoms with E-state index in [2.05, 4.69) is 0 Å². The summed E-state index contributed by atoms with van der Waals surface area (Å²) in [4.78, 5) is 38.3. The minimum Gasteiger partial charge on any atom is -0.492 e. The standard InChI is InChI=1S/C21H21NO5/c1-2-26-19-11-7-6-10-17(19)22-13-16(12-20(22)24)21(25)27-14-18(23)15-8-4-3-5-9-15/h3-11,16H,2,12-14H2,1H3/t16-/m1/s1. The number of carbonyl (C=O) groups excluding carboxylic acids is 3. The highest BCUT2D eigenvalue weighted by molar-refractivity contribution is 6.01. The van der Waals surface area contributed by atoms with Gasteiger partial charge in [-0.25, -0.2) is 0 Å². The molecule has 1 amide bonds. The summed E-state index contributed by atoms with van der Waals surface area (Å²) >= 11 is 0. The molecule has 1 aliphatic rings. The first kappa shape index (κ1) is 18.6. The molecule has 1 fully saturated rings. The van der Waals surface area contributed by atoms with Crippen LogP contribution in [0.25, 0.3) is 0 Å². The molecule has 27 heavy (non-hydrogen) atoms. The Morgan fingerprint density at radius 3 is 2.52 bits per heavy atom. The molecular weight excluding hydrogens is 346 g/mol. The quantitative estimate of drug-likeness (QED) is 0.556. The summed E-state index contributed by atoms with van der Waals surface area (Å²) in [7, 11) is 0. The van der Waals surface area contributed by atoms with Gasteiger partial charge in [0.15, 0.2) is 12.4 Å². The molecule has 3 rings (SSSR count). The zero-order valence-electron chi connectivity index (χ0n) is 15.1. The Morgan fingerprint density at radius 1 is 1.07 bits per heavy atom. The molecule has 6 heteroatoms. The lowest BCUT2D eigenvalue weighted by molar-refractivity contribution is -0.147. The van der Waals surface area contributed by atoms with Crippen molar-refractivity contribution in [1.82, 2.24) is 0 Å². The minimum atomic E-state index is -0.601. The van der Waals surface area contributed by atoms with Crippen LogP contribution >= 0.6 is 0 Å². The number of anilines is 1. The van der Waals surface area contributed by atoms with E-state index in [1.807, 2.05) is 25.1 Å². The van der Waals surface area contributed by atoms with Crippen molar-refractivity contribution in [2.24, 2.45) is 5.92 Å². The van der Waals surface area contributed by atoms with Gasteiger partial charge < -0.3 is 14.4 Å². The second-order valence-corrected chi connectivity index (χ2v) is 6.20. The van der Waals surface area contributed by atoms with E-state index in [-0.39, 0.29) is 31.3 Å². The number of nitrogens with zero attached hydrogens (tertiary/aromatic N) is 1. The molecule has 0 saturated carbocycles. The lowest BCUT2D eigenvalue weighted by atomic mass is 10.1. The van der Waals surface area contributed by atoms with Crippen molar-refractivity contribution in [1.29, 1.82) is 0 Å². The Bertz CT molecular complexity index is 833. The van der Waals surface area contributed by atoms with E-state index in [0.717, 1.165) is 0 Å². The first-order valence-corrected chi connectivity index (χ1v) is 8.87. The van der Waals surface area contributed by atoms with E-state index in [0.29, 0.717) is 23.6 Å². The van der Waals surface area contributed by atoms with Crippen LogP contribution in [-0.2, 0) is 14.3 Å². The molecule has 1 saturated heterocycles. The van der Waals surface area contributed by atoms with Gasteiger partial charge in [-0.15, -0.1) is 0 Å². The number of hydrogen-bond acceptors (Lipinski definition) is 5. The van der Waals surface area contributed by atoms with Crippen LogP contribution < -0.4 is 9.64 Å². The van der Waals surface area contributed by atoms with Crippen LogP contribution in [0.5, 0.6) is 5.75 Å². The SMILES string of the molecule is CCOc1ccccc1N1C[C@H](C(=O)OCC(=O)c2ccccc2)CC1=O. The highest BCUT2D eigenvalue weighted by Crippen LogP contribution is 2.33. The first-order valence-electron chi connectivity index (χ1n) is 8.87. The molecule has 0 unspecified atom stereocenters. The van der Waals surface area contributed by atoms with Gasteiger partial charge in [0.25, 0.3) is 0 Å². The molecular formula is C21H21NO5. The number of carbonyl (C=O) groups is 3. The third-order valence-electron chi connectivity index (χ3n) is 4.36. The molecule has 0 N–H and O–H groups in total. The number of esters is 1. The highest BCUT2D eigenvalue weighted by atomic mass is 16.5. The van der Waals surface area contributed by atoms with Gasteiger partial charge in [-0.1, -0.05) is 42.5 Å². The largest absolute Gasteiger partial charge is 0.492 e. The lowest BCUT2D eigenvalue weighted by Gasteiger charge is -2.19. The summed E-state index contributed by atoms with van der Waals surface area (Å²) in [6, 6.07) is 15.9.